The molecule has 0 atom stereocenters. The number of thiophene rings is 1. The molecule has 4 rings (SSSR count). The van der Waals surface area contributed by atoms with Gasteiger partial charge in [0.2, 0.25) is 0 Å². The van der Waals surface area contributed by atoms with Crippen LogP contribution in [0.4, 0.5) is 22.0 Å². The fraction of sp³-hybridized carbons (Fsp3) is 0.333. The van der Waals surface area contributed by atoms with Crippen molar-refractivity contribution >= 4 is 31.5 Å². The molecule has 1 fully saturated rings. The number of benzene rings is 2. The second-order valence-corrected chi connectivity index (χ2v) is 7.25. The Morgan fingerprint density at radius 1 is 0.833 bits per heavy atom. The van der Waals surface area contributed by atoms with Crippen molar-refractivity contribution in [1.29, 1.82) is 0 Å². The summed E-state index contributed by atoms with van der Waals surface area (Å²) in [5.41, 5.74) is -0.707. The van der Waals surface area contributed by atoms with Crippen molar-refractivity contribution in [2.75, 3.05) is 0 Å². The highest BCUT2D eigenvalue weighted by Crippen LogP contribution is 2.44. The van der Waals surface area contributed by atoms with Gasteiger partial charge in [-0.3, -0.25) is 0 Å². The lowest BCUT2D eigenvalue weighted by molar-refractivity contribution is -0.139. The summed E-state index contributed by atoms with van der Waals surface area (Å²) in [5.74, 6) is -1.58. The molecule has 2 aromatic carbocycles. The minimum atomic E-state index is -4.76. The molecule has 1 aliphatic rings. The van der Waals surface area contributed by atoms with Crippen LogP contribution in [0.2, 0.25) is 0 Å². The summed E-state index contributed by atoms with van der Waals surface area (Å²) in [4.78, 5) is 0. The largest absolute Gasteiger partial charge is 0.419 e. The van der Waals surface area contributed by atoms with E-state index >= 15 is 0 Å². The molecule has 6 heteroatoms. The Morgan fingerprint density at radius 2 is 1.42 bits per heavy atom. The van der Waals surface area contributed by atoms with Crippen LogP contribution in [0.5, 0.6) is 0 Å². The van der Waals surface area contributed by atoms with Gasteiger partial charge < -0.3 is 0 Å². The Kier molecular flexibility index (Phi) is 3.56. The summed E-state index contributed by atoms with van der Waals surface area (Å²) in [6, 6.07) is 5.37. The van der Waals surface area contributed by atoms with E-state index in [-0.39, 0.29) is 15.3 Å². The summed E-state index contributed by atoms with van der Waals surface area (Å²) in [6.45, 7) is 0. The lowest BCUT2D eigenvalue weighted by Gasteiger charge is -2.11. The molecule has 1 aromatic heterocycles. The quantitative estimate of drug-likeness (QED) is 0.411. The van der Waals surface area contributed by atoms with Crippen LogP contribution in [0.15, 0.2) is 24.3 Å². The minimum Gasteiger partial charge on any atom is -0.205 e. The van der Waals surface area contributed by atoms with Gasteiger partial charge in [0.1, 0.15) is 5.82 Å². The average Bonchev–Trinajstić information content (AvgIpc) is 3.15. The van der Waals surface area contributed by atoms with Crippen molar-refractivity contribution in [1.82, 2.24) is 0 Å². The molecule has 0 amide bonds. The van der Waals surface area contributed by atoms with Crippen molar-refractivity contribution in [2.45, 2.75) is 37.8 Å². The molecule has 0 radical (unpaired) electrons. The minimum absolute atomic E-state index is 0.137. The average molecular weight is 356 g/mol. The molecule has 24 heavy (non-hydrogen) atoms. The first-order chi connectivity index (χ1) is 11.4. The van der Waals surface area contributed by atoms with Gasteiger partial charge in [0, 0.05) is 10.8 Å². The molecule has 0 nitrogen and oxygen atoms in total. The van der Waals surface area contributed by atoms with Gasteiger partial charge in [0.15, 0.2) is 5.82 Å². The monoisotopic (exact) mass is 356 g/mol. The Hall–Kier alpha value is -1.69. The Bertz CT molecular complexity index is 932. The molecule has 0 saturated heterocycles. The molecule has 1 saturated carbocycles. The van der Waals surface area contributed by atoms with Crippen LogP contribution in [0.25, 0.3) is 20.2 Å². The molecule has 0 spiro atoms. The first kappa shape index (κ1) is 15.8. The number of halogens is 5. The van der Waals surface area contributed by atoms with E-state index in [0.29, 0.717) is 16.3 Å². The highest BCUT2D eigenvalue weighted by molar-refractivity contribution is 7.25. The van der Waals surface area contributed by atoms with E-state index in [1.54, 1.807) is 12.1 Å². The molecule has 0 unspecified atom stereocenters. The van der Waals surface area contributed by atoms with Gasteiger partial charge in [-0.2, -0.15) is 13.2 Å². The number of fused-ring (bicyclic) bond motifs is 3. The van der Waals surface area contributed by atoms with Crippen LogP contribution in [-0.2, 0) is 6.18 Å². The summed E-state index contributed by atoms with van der Waals surface area (Å²) < 4.78 is 67.9. The van der Waals surface area contributed by atoms with Crippen LogP contribution in [0.1, 0.15) is 42.7 Å². The van der Waals surface area contributed by atoms with Crippen LogP contribution in [0, 0.1) is 11.6 Å². The second-order valence-electron chi connectivity index (χ2n) is 6.23. The smallest absolute Gasteiger partial charge is 0.205 e. The van der Waals surface area contributed by atoms with E-state index < -0.39 is 23.4 Å². The third-order valence-electron chi connectivity index (χ3n) is 4.82. The van der Waals surface area contributed by atoms with Gasteiger partial charge in [-0.05, 0) is 30.4 Å². The zero-order valence-electron chi connectivity index (χ0n) is 12.5. The van der Waals surface area contributed by atoms with E-state index in [1.807, 2.05) is 0 Å². The third-order valence-corrected chi connectivity index (χ3v) is 6.03. The maximum absolute atomic E-state index is 14.9. The molecular formula is C18H13F5S. The Labute approximate surface area is 138 Å². The lowest BCUT2D eigenvalue weighted by atomic mass is 9.96. The predicted octanol–water partition coefficient (Wildman–Crippen LogP) is 7.01. The normalized spacial score (nSPS) is 16.5. The summed E-state index contributed by atoms with van der Waals surface area (Å²) in [7, 11) is 0. The van der Waals surface area contributed by atoms with Crippen LogP contribution in [0.3, 0.4) is 0 Å². The topological polar surface area (TPSA) is 0 Å². The van der Waals surface area contributed by atoms with E-state index in [1.165, 1.54) is 6.07 Å². The number of alkyl halides is 3. The molecule has 0 aliphatic heterocycles. The highest BCUT2D eigenvalue weighted by atomic mass is 32.1. The van der Waals surface area contributed by atoms with Crippen molar-refractivity contribution in [3.63, 3.8) is 0 Å². The summed E-state index contributed by atoms with van der Waals surface area (Å²) >= 11 is 0.768. The van der Waals surface area contributed by atoms with Crippen molar-refractivity contribution in [3.05, 3.63) is 47.0 Å². The molecular weight excluding hydrogens is 343 g/mol. The zero-order chi connectivity index (χ0) is 17.1. The SMILES string of the molecule is Fc1c(C2CCCC2)ccc2c1sc1c(F)c(C(F)(F)F)ccc12. The summed E-state index contributed by atoms with van der Waals surface area (Å²) in [5, 5.41) is 0.805. The first-order valence-corrected chi connectivity index (χ1v) is 8.60. The van der Waals surface area contributed by atoms with Gasteiger partial charge in [0.25, 0.3) is 0 Å². The number of hydrogen-bond donors (Lipinski definition) is 0. The lowest BCUT2D eigenvalue weighted by Crippen LogP contribution is -2.07. The fourth-order valence-electron chi connectivity index (χ4n) is 3.62. The van der Waals surface area contributed by atoms with Gasteiger partial charge in [-0.1, -0.05) is 31.0 Å². The molecule has 3 aromatic rings. The van der Waals surface area contributed by atoms with Crippen molar-refractivity contribution < 1.29 is 22.0 Å². The van der Waals surface area contributed by atoms with E-state index in [4.69, 9.17) is 0 Å². The maximum Gasteiger partial charge on any atom is 0.419 e. The van der Waals surface area contributed by atoms with E-state index in [0.717, 1.165) is 43.1 Å². The van der Waals surface area contributed by atoms with Crippen LogP contribution in [-0.4, -0.2) is 0 Å². The number of hydrogen-bond acceptors (Lipinski definition) is 1. The van der Waals surface area contributed by atoms with Crippen LogP contribution >= 0.6 is 11.3 Å². The Morgan fingerprint density at radius 3 is 2.04 bits per heavy atom. The molecule has 0 bridgehead atoms. The van der Waals surface area contributed by atoms with Crippen molar-refractivity contribution in [2.24, 2.45) is 0 Å². The standard InChI is InChI=1S/C18H13F5S/c19-14-10(9-3-1-2-4-9)5-6-11-12-7-8-13(18(21,22)23)15(20)17(12)24-16(11)14/h5-9H,1-4H2. The van der Waals surface area contributed by atoms with E-state index in [2.05, 4.69) is 0 Å². The van der Waals surface area contributed by atoms with Gasteiger partial charge in [0.05, 0.1) is 15.0 Å². The molecule has 0 N–H and O–H groups in total. The van der Waals surface area contributed by atoms with E-state index in [9.17, 15) is 22.0 Å². The predicted molar refractivity (Wildman–Crippen MR) is 85.5 cm³/mol. The first-order valence-electron chi connectivity index (χ1n) is 7.78. The summed E-state index contributed by atoms with van der Waals surface area (Å²) in [6.07, 6.45) is -0.821. The second kappa shape index (κ2) is 5.41. The van der Waals surface area contributed by atoms with Crippen molar-refractivity contribution in [3.8, 4) is 0 Å². The zero-order valence-corrected chi connectivity index (χ0v) is 13.3. The van der Waals surface area contributed by atoms with Gasteiger partial charge in [-0.15, -0.1) is 11.3 Å². The van der Waals surface area contributed by atoms with Gasteiger partial charge in [-0.25, -0.2) is 8.78 Å². The maximum atomic E-state index is 14.9. The number of rotatable bonds is 1. The molecule has 1 heterocycles. The molecule has 126 valence electrons. The molecule has 1 aliphatic carbocycles. The fourth-order valence-corrected chi connectivity index (χ4v) is 4.81. The third kappa shape index (κ3) is 2.31. The Balaban J connectivity index is 1.97. The van der Waals surface area contributed by atoms with Gasteiger partial charge >= 0.3 is 6.18 Å². The highest BCUT2D eigenvalue weighted by Gasteiger charge is 2.35. The van der Waals surface area contributed by atoms with Crippen LogP contribution < -0.4 is 0 Å².